The Balaban J connectivity index is 1.82. The van der Waals surface area contributed by atoms with E-state index >= 15 is 0 Å². The predicted octanol–water partition coefficient (Wildman–Crippen LogP) is 9.86. The van der Waals surface area contributed by atoms with Crippen LogP contribution < -0.4 is 0 Å². The van der Waals surface area contributed by atoms with Crippen LogP contribution in [0.3, 0.4) is 0 Å². The second kappa shape index (κ2) is 13.6. The van der Waals surface area contributed by atoms with Gasteiger partial charge in [-0.3, -0.25) is 4.90 Å². The third-order valence-electron chi connectivity index (χ3n) is 7.14. The van der Waals surface area contributed by atoms with E-state index in [0.717, 1.165) is 66.2 Å². The van der Waals surface area contributed by atoms with E-state index in [4.69, 9.17) is 4.98 Å². The Bertz CT molecular complexity index is 1390. The molecule has 3 nitrogen and oxygen atoms in total. The molecule has 42 heavy (non-hydrogen) atoms. The molecule has 0 aliphatic rings. The first-order valence-corrected chi connectivity index (χ1v) is 14.2. The molecule has 0 fully saturated rings. The minimum absolute atomic E-state index is 0.0302. The summed E-state index contributed by atoms with van der Waals surface area (Å²) in [6, 6.07) is 21.3. The van der Waals surface area contributed by atoms with Gasteiger partial charge in [-0.05, 0) is 43.1 Å². The average molecular weight is 588 g/mol. The maximum absolute atomic E-state index is 13.6. The molecular formula is C33H35F6N3. The molecular weight excluding hydrogens is 552 g/mol. The van der Waals surface area contributed by atoms with Crippen LogP contribution in [0, 0.1) is 0 Å². The van der Waals surface area contributed by atoms with Gasteiger partial charge in [-0.15, -0.1) is 0 Å². The van der Waals surface area contributed by atoms with Gasteiger partial charge in [0.05, 0.1) is 22.5 Å². The van der Waals surface area contributed by atoms with Gasteiger partial charge in [0.2, 0.25) is 0 Å². The van der Waals surface area contributed by atoms with Crippen LogP contribution in [-0.4, -0.2) is 21.0 Å². The van der Waals surface area contributed by atoms with E-state index < -0.39 is 23.5 Å². The summed E-state index contributed by atoms with van der Waals surface area (Å²) >= 11 is 0. The van der Waals surface area contributed by atoms with Crippen LogP contribution in [-0.2, 0) is 32.0 Å². The number of rotatable bonds is 12. The molecule has 0 spiro atoms. The van der Waals surface area contributed by atoms with Crippen molar-refractivity contribution in [3.63, 3.8) is 0 Å². The van der Waals surface area contributed by atoms with Gasteiger partial charge in [0.15, 0.2) is 0 Å². The number of aromatic nitrogens is 2. The van der Waals surface area contributed by atoms with E-state index in [1.165, 1.54) is 0 Å². The summed E-state index contributed by atoms with van der Waals surface area (Å²) < 4.78 is 83.8. The highest BCUT2D eigenvalue weighted by molar-refractivity contribution is 5.68. The molecule has 0 saturated heterocycles. The number of hydrogen-bond donors (Lipinski definition) is 0. The molecule has 1 aromatic heterocycles. The lowest BCUT2D eigenvalue weighted by Gasteiger charge is -2.25. The fraction of sp³-hybridized carbons (Fsp3) is 0.364. The standard InChI is InChI=1S/C33H35F6N3/c1-3-5-17-41(22-24-19-27(32(34,35)36)21-28(20-24)33(37,38)39)23-29-30(25-13-9-7-10-14-25)40-31(42(29)18-6-4-2)26-15-11-8-12-16-26/h7-16,19-21H,3-6,17-18,22-23H2,1-2H3. The SMILES string of the molecule is CCCCN(Cc1cc(C(F)(F)F)cc(C(F)(F)F)c1)Cc1c(-c2ccccc2)nc(-c2ccccc2)n1CCCC. The number of imidazole rings is 1. The van der Waals surface area contributed by atoms with Crippen LogP contribution in [0.2, 0.25) is 0 Å². The quantitative estimate of drug-likeness (QED) is 0.154. The maximum Gasteiger partial charge on any atom is 0.416 e. The molecule has 9 heteroatoms. The van der Waals surface area contributed by atoms with Crippen molar-refractivity contribution in [1.29, 1.82) is 0 Å². The Hall–Kier alpha value is -3.59. The number of halogens is 6. The number of benzene rings is 3. The number of unbranched alkanes of at least 4 members (excludes halogenated alkanes) is 2. The van der Waals surface area contributed by atoms with Crippen molar-refractivity contribution in [2.24, 2.45) is 0 Å². The minimum Gasteiger partial charge on any atom is -0.326 e. The van der Waals surface area contributed by atoms with Gasteiger partial charge in [-0.2, -0.15) is 26.3 Å². The zero-order chi connectivity index (χ0) is 30.3. The van der Waals surface area contributed by atoms with Crippen LogP contribution in [0.1, 0.15) is 61.9 Å². The van der Waals surface area contributed by atoms with E-state index in [1.807, 2.05) is 72.5 Å². The molecule has 0 bridgehead atoms. The molecule has 0 radical (unpaired) electrons. The molecule has 0 atom stereocenters. The summed E-state index contributed by atoms with van der Waals surface area (Å²) in [4.78, 5) is 7.01. The first-order valence-electron chi connectivity index (χ1n) is 14.2. The molecule has 4 aromatic rings. The van der Waals surface area contributed by atoms with Crippen molar-refractivity contribution in [2.45, 2.75) is 71.5 Å². The summed E-state index contributed by atoms with van der Waals surface area (Å²) in [6.07, 6.45) is -6.41. The fourth-order valence-electron chi connectivity index (χ4n) is 5.01. The highest BCUT2D eigenvalue weighted by atomic mass is 19.4. The van der Waals surface area contributed by atoms with Crippen molar-refractivity contribution < 1.29 is 26.3 Å². The van der Waals surface area contributed by atoms with Crippen LogP contribution >= 0.6 is 0 Å². The van der Waals surface area contributed by atoms with Gasteiger partial charge in [0, 0.05) is 30.8 Å². The molecule has 0 aliphatic carbocycles. The predicted molar refractivity (Wildman–Crippen MR) is 153 cm³/mol. The van der Waals surface area contributed by atoms with Gasteiger partial charge < -0.3 is 4.57 Å². The van der Waals surface area contributed by atoms with Gasteiger partial charge in [0.1, 0.15) is 5.82 Å². The normalized spacial score (nSPS) is 12.3. The van der Waals surface area contributed by atoms with Crippen molar-refractivity contribution in [3.05, 3.63) is 101 Å². The van der Waals surface area contributed by atoms with Crippen molar-refractivity contribution >= 4 is 0 Å². The van der Waals surface area contributed by atoms with E-state index in [9.17, 15) is 26.3 Å². The van der Waals surface area contributed by atoms with Gasteiger partial charge in [-0.1, -0.05) is 87.4 Å². The second-order valence-corrected chi connectivity index (χ2v) is 10.4. The zero-order valence-electron chi connectivity index (χ0n) is 23.8. The fourth-order valence-corrected chi connectivity index (χ4v) is 5.01. The molecule has 1 heterocycles. The molecule has 0 saturated carbocycles. The first kappa shape index (κ1) is 31.3. The summed E-state index contributed by atoms with van der Waals surface area (Å²) in [5.41, 5.74) is 0.843. The van der Waals surface area contributed by atoms with Crippen molar-refractivity contribution in [2.75, 3.05) is 6.54 Å². The Kier molecular flexibility index (Phi) is 10.1. The molecule has 3 aromatic carbocycles. The molecule has 0 N–H and O–H groups in total. The third kappa shape index (κ3) is 7.82. The molecule has 4 rings (SSSR count). The van der Waals surface area contributed by atoms with Crippen molar-refractivity contribution in [1.82, 2.24) is 14.5 Å². The lowest BCUT2D eigenvalue weighted by molar-refractivity contribution is -0.143. The smallest absolute Gasteiger partial charge is 0.326 e. The van der Waals surface area contributed by atoms with E-state index in [-0.39, 0.29) is 18.2 Å². The van der Waals surface area contributed by atoms with E-state index in [2.05, 4.69) is 11.5 Å². The van der Waals surface area contributed by atoms with Gasteiger partial charge >= 0.3 is 12.4 Å². The Morgan fingerprint density at radius 1 is 0.690 bits per heavy atom. The molecule has 0 unspecified atom stereocenters. The largest absolute Gasteiger partial charge is 0.416 e. The van der Waals surface area contributed by atoms with Crippen LogP contribution in [0.5, 0.6) is 0 Å². The van der Waals surface area contributed by atoms with E-state index in [0.29, 0.717) is 19.6 Å². The van der Waals surface area contributed by atoms with Gasteiger partial charge in [0.25, 0.3) is 0 Å². The monoisotopic (exact) mass is 587 g/mol. The summed E-state index contributed by atoms with van der Waals surface area (Å²) in [5, 5.41) is 0. The Labute approximate surface area is 242 Å². The van der Waals surface area contributed by atoms with Crippen LogP contribution in [0.4, 0.5) is 26.3 Å². The summed E-state index contributed by atoms with van der Waals surface area (Å²) in [5.74, 6) is 0.784. The van der Waals surface area contributed by atoms with Crippen molar-refractivity contribution in [3.8, 4) is 22.6 Å². The maximum atomic E-state index is 13.6. The van der Waals surface area contributed by atoms with Crippen LogP contribution in [0.25, 0.3) is 22.6 Å². The molecule has 0 amide bonds. The number of alkyl halides is 6. The molecule has 0 aliphatic heterocycles. The molecule has 224 valence electrons. The average Bonchev–Trinajstić information content (AvgIpc) is 3.32. The third-order valence-corrected chi connectivity index (χ3v) is 7.14. The second-order valence-electron chi connectivity index (χ2n) is 10.4. The Morgan fingerprint density at radius 2 is 1.24 bits per heavy atom. The summed E-state index contributed by atoms with van der Waals surface area (Å²) in [7, 11) is 0. The number of hydrogen-bond acceptors (Lipinski definition) is 2. The highest BCUT2D eigenvalue weighted by Crippen LogP contribution is 2.37. The Morgan fingerprint density at radius 3 is 1.76 bits per heavy atom. The summed E-state index contributed by atoms with van der Waals surface area (Å²) in [6.45, 7) is 5.52. The van der Waals surface area contributed by atoms with Gasteiger partial charge in [-0.25, -0.2) is 4.98 Å². The lowest BCUT2D eigenvalue weighted by Crippen LogP contribution is -2.26. The lowest BCUT2D eigenvalue weighted by atomic mass is 10.0. The topological polar surface area (TPSA) is 21.1 Å². The van der Waals surface area contributed by atoms with Crippen LogP contribution in [0.15, 0.2) is 78.9 Å². The zero-order valence-corrected chi connectivity index (χ0v) is 23.8. The first-order chi connectivity index (χ1) is 20.0. The highest BCUT2D eigenvalue weighted by Gasteiger charge is 2.37. The minimum atomic E-state index is -4.89. The number of nitrogens with zero attached hydrogens (tertiary/aromatic N) is 3. The van der Waals surface area contributed by atoms with E-state index in [1.54, 1.807) is 0 Å².